The Morgan fingerprint density at radius 2 is 0.932 bits per heavy atom. The maximum atomic E-state index is 6.58. The summed E-state index contributed by atoms with van der Waals surface area (Å²) in [5.74, 6) is 0. The van der Waals surface area contributed by atoms with E-state index in [1.54, 1.807) is 0 Å². The molecule has 12 rings (SSSR count). The number of furan rings is 2. The Bertz CT molecular complexity index is 3570. The number of fused-ring (bicyclic) bond motifs is 8. The lowest BCUT2D eigenvalue weighted by Crippen LogP contribution is -2.11. The van der Waals surface area contributed by atoms with Crippen molar-refractivity contribution in [2.45, 2.75) is 0 Å². The summed E-state index contributed by atoms with van der Waals surface area (Å²) in [5.41, 5.74) is 13.5. The zero-order valence-electron chi connectivity index (χ0n) is 32.0. The fourth-order valence-electron chi connectivity index (χ4n) is 9.11. The Morgan fingerprint density at radius 3 is 1.83 bits per heavy atom. The molecule has 0 aliphatic carbocycles. The molecule has 0 N–H and O–H groups in total. The number of benzene rings is 10. The van der Waals surface area contributed by atoms with Crippen LogP contribution in [0.25, 0.3) is 98.8 Å². The lowest BCUT2D eigenvalue weighted by molar-refractivity contribution is 0.669. The highest BCUT2D eigenvalue weighted by molar-refractivity contribution is 6.17. The van der Waals surface area contributed by atoms with E-state index in [-0.39, 0.29) is 0 Å². The minimum Gasteiger partial charge on any atom is -0.456 e. The zero-order chi connectivity index (χ0) is 38.9. The minimum atomic E-state index is 0.872. The van der Waals surface area contributed by atoms with Gasteiger partial charge in [0.15, 0.2) is 0 Å². The van der Waals surface area contributed by atoms with Crippen molar-refractivity contribution < 1.29 is 8.83 Å². The van der Waals surface area contributed by atoms with Gasteiger partial charge in [-0.3, -0.25) is 0 Å². The molecule has 3 nitrogen and oxygen atoms in total. The minimum absolute atomic E-state index is 0.872. The first-order chi connectivity index (χ1) is 29.2. The molecule has 12 aromatic rings. The highest BCUT2D eigenvalue weighted by Crippen LogP contribution is 2.46. The number of anilines is 3. The predicted octanol–water partition coefficient (Wildman–Crippen LogP) is 16.3. The average Bonchev–Trinajstić information content (AvgIpc) is 3.87. The van der Waals surface area contributed by atoms with Crippen molar-refractivity contribution in [3.63, 3.8) is 0 Å². The molecule has 2 heterocycles. The zero-order valence-corrected chi connectivity index (χ0v) is 32.0. The van der Waals surface area contributed by atoms with Gasteiger partial charge in [0, 0.05) is 44.0 Å². The molecular formula is C56H35NO2. The van der Waals surface area contributed by atoms with Gasteiger partial charge in [0.05, 0.1) is 5.69 Å². The van der Waals surface area contributed by atoms with Gasteiger partial charge in [-0.05, 0) is 98.4 Å². The van der Waals surface area contributed by atoms with Crippen molar-refractivity contribution in [2.24, 2.45) is 0 Å². The Balaban J connectivity index is 1.06. The molecule has 276 valence electrons. The van der Waals surface area contributed by atoms with Crippen molar-refractivity contribution in [2.75, 3.05) is 4.90 Å². The molecule has 0 saturated heterocycles. The summed E-state index contributed by atoms with van der Waals surface area (Å²) in [6.45, 7) is 0. The van der Waals surface area contributed by atoms with Gasteiger partial charge in [0.2, 0.25) is 0 Å². The lowest BCUT2D eigenvalue weighted by Gasteiger charge is -2.28. The van der Waals surface area contributed by atoms with Gasteiger partial charge in [0.1, 0.15) is 22.3 Å². The maximum Gasteiger partial charge on any atom is 0.143 e. The summed E-state index contributed by atoms with van der Waals surface area (Å²) in [6.07, 6.45) is 0. The van der Waals surface area contributed by atoms with E-state index in [0.717, 1.165) is 88.8 Å². The number of nitrogens with zero attached hydrogens (tertiary/aromatic N) is 1. The van der Waals surface area contributed by atoms with Crippen molar-refractivity contribution in [3.05, 3.63) is 212 Å². The van der Waals surface area contributed by atoms with Gasteiger partial charge in [-0.15, -0.1) is 0 Å². The molecule has 0 atom stereocenters. The molecule has 0 aliphatic heterocycles. The van der Waals surface area contributed by atoms with Crippen LogP contribution in [0.3, 0.4) is 0 Å². The summed E-state index contributed by atoms with van der Waals surface area (Å²) in [6, 6.07) is 75.8. The average molecular weight is 754 g/mol. The van der Waals surface area contributed by atoms with Crippen molar-refractivity contribution in [1.29, 1.82) is 0 Å². The number of rotatable bonds is 6. The third-order valence-corrected chi connectivity index (χ3v) is 11.8. The van der Waals surface area contributed by atoms with E-state index < -0.39 is 0 Å². The monoisotopic (exact) mass is 753 g/mol. The van der Waals surface area contributed by atoms with Gasteiger partial charge in [-0.25, -0.2) is 0 Å². The largest absolute Gasteiger partial charge is 0.456 e. The van der Waals surface area contributed by atoms with Crippen LogP contribution in [0.4, 0.5) is 17.1 Å². The third kappa shape index (κ3) is 5.44. The highest BCUT2D eigenvalue weighted by Gasteiger charge is 2.22. The van der Waals surface area contributed by atoms with E-state index >= 15 is 0 Å². The Hall–Kier alpha value is -7.88. The Kier molecular flexibility index (Phi) is 7.54. The van der Waals surface area contributed by atoms with Crippen LogP contribution in [0.5, 0.6) is 0 Å². The van der Waals surface area contributed by atoms with Crippen LogP contribution in [0, 0.1) is 0 Å². The van der Waals surface area contributed by atoms with Crippen molar-refractivity contribution in [3.8, 4) is 33.4 Å². The van der Waals surface area contributed by atoms with Crippen LogP contribution in [-0.4, -0.2) is 0 Å². The van der Waals surface area contributed by atoms with E-state index in [1.807, 2.05) is 12.1 Å². The fourth-order valence-corrected chi connectivity index (χ4v) is 9.11. The molecule has 10 aromatic carbocycles. The van der Waals surface area contributed by atoms with E-state index in [1.165, 1.54) is 27.1 Å². The van der Waals surface area contributed by atoms with Gasteiger partial charge in [-0.1, -0.05) is 158 Å². The van der Waals surface area contributed by atoms with Crippen LogP contribution in [-0.2, 0) is 0 Å². The molecule has 0 unspecified atom stereocenters. The summed E-state index contributed by atoms with van der Waals surface area (Å²) < 4.78 is 13.0. The molecule has 2 aromatic heterocycles. The normalized spacial score (nSPS) is 11.7. The van der Waals surface area contributed by atoms with Crippen LogP contribution >= 0.6 is 0 Å². The van der Waals surface area contributed by atoms with E-state index in [2.05, 4.69) is 205 Å². The van der Waals surface area contributed by atoms with Gasteiger partial charge in [0.25, 0.3) is 0 Å². The molecule has 0 bridgehead atoms. The second-order valence-electron chi connectivity index (χ2n) is 15.2. The van der Waals surface area contributed by atoms with Gasteiger partial charge in [-0.2, -0.15) is 0 Å². The summed E-state index contributed by atoms with van der Waals surface area (Å²) in [4.78, 5) is 2.39. The quantitative estimate of drug-likeness (QED) is 0.169. The second-order valence-corrected chi connectivity index (χ2v) is 15.2. The Labute approximate surface area is 340 Å². The second kappa shape index (κ2) is 13.4. The van der Waals surface area contributed by atoms with Crippen LogP contribution < -0.4 is 4.90 Å². The molecule has 3 heteroatoms. The number of hydrogen-bond donors (Lipinski definition) is 0. The third-order valence-electron chi connectivity index (χ3n) is 11.8. The SMILES string of the molecule is c1cc(-c2cccc3ccccc23)cc(N(c2ccc(-c3cccc4c3oc3ccccc34)cc2)c2ccccc2-c2cccc3oc4cc5ccccc5cc4c23)c1. The van der Waals surface area contributed by atoms with Crippen LogP contribution in [0.1, 0.15) is 0 Å². The van der Waals surface area contributed by atoms with E-state index in [0.29, 0.717) is 0 Å². The van der Waals surface area contributed by atoms with E-state index in [4.69, 9.17) is 8.83 Å². The molecule has 0 radical (unpaired) electrons. The van der Waals surface area contributed by atoms with Gasteiger partial charge >= 0.3 is 0 Å². The first-order valence-corrected chi connectivity index (χ1v) is 20.1. The molecular weight excluding hydrogens is 719 g/mol. The molecule has 0 amide bonds. The van der Waals surface area contributed by atoms with Crippen molar-refractivity contribution in [1.82, 2.24) is 0 Å². The molecule has 0 saturated carbocycles. The molecule has 59 heavy (non-hydrogen) atoms. The van der Waals surface area contributed by atoms with Gasteiger partial charge < -0.3 is 13.7 Å². The highest BCUT2D eigenvalue weighted by atomic mass is 16.3. The summed E-state index contributed by atoms with van der Waals surface area (Å²) >= 11 is 0. The maximum absolute atomic E-state index is 6.58. The summed E-state index contributed by atoms with van der Waals surface area (Å²) in [5, 5.41) is 9.28. The number of para-hydroxylation sites is 3. The Morgan fingerprint density at radius 1 is 0.305 bits per heavy atom. The van der Waals surface area contributed by atoms with Crippen LogP contribution in [0.15, 0.2) is 221 Å². The van der Waals surface area contributed by atoms with Crippen molar-refractivity contribution >= 4 is 82.5 Å². The standard InChI is InChI=1S/C56H35NO2/c1-2-15-39-35-54-50(34-38(39)14-1)55-48(24-12-28-53(55)58-54)46-20-5-7-26-51(46)57(42-18-9-17-40(33-42)44-22-10-16-36-13-3-4-19-43(36)44)41-31-29-37(30-32-41)45-23-11-25-49-47-21-6-8-27-52(47)59-56(45)49/h1-35H. The fraction of sp³-hybridized carbons (Fsp3) is 0. The smallest absolute Gasteiger partial charge is 0.143 e. The number of hydrogen-bond acceptors (Lipinski definition) is 3. The first kappa shape index (κ1) is 33.3. The topological polar surface area (TPSA) is 29.5 Å². The van der Waals surface area contributed by atoms with Crippen LogP contribution in [0.2, 0.25) is 0 Å². The predicted molar refractivity (Wildman–Crippen MR) is 247 cm³/mol. The molecule has 0 spiro atoms. The molecule has 0 fully saturated rings. The first-order valence-electron chi connectivity index (χ1n) is 20.1. The molecule has 0 aliphatic rings. The van der Waals surface area contributed by atoms with E-state index in [9.17, 15) is 0 Å². The summed E-state index contributed by atoms with van der Waals surface area (Å²) in [7, 11) is 0. The lowest BCUT2D eigenvalue weighted by atomic mass is 9.95.